The van der Waals surface area contributed by atoms with Crippen LogP contribution in [-0.2, 0) is 11.3 Å². The highest BCUT2D eigenvalue weighted by Gasteiger charge is 2.29. The number of carbonyl (C=O) groups excluding carboxylic acids is 1. The molecule has 1 aliphatic heterocycles. The van der Waals surface area contributed by atoms with Crippen LogP contribution in [0.5, 0.6) is 0 Å². The van der Waals surface area contributed by atoms with E-state index in [4.69, 9.17) is 4.74 Å². The van der Waals surface area contributed by atoms with Gasteiger partial charge in [-0.25, -0.2) is 9.78 Å². The number of likely N-dealkylation sites (tertiary alicyclic amines) is 1. The smallest absolute Gasteiger partial charge is 0.410 e. The topological polar surface area (TPSA) is 47.4 Å². The fourth-order valence-electron chi connectivity index (χ4n) is 4.06. The summed E-state index contributed by atoms with van der Waals surface area (Å²) in [7, 11) is 0. The molecular weight excluding hydrogens is 362 g/mol. The van der Waals surface area contributed by atoms with Crippen LogP contribution in [0, 0.1) is 13.8 Å². The summed E-state index contributed by atoms with van der Waals surface area (Å²) in [4.78, 5) is 19.3. The molecule has 0 radical (unpaired) electrons. The highest BCUT2D eigenvalue weighted by molar-refractivity contribution is 5.68. The molecule has 4 rings (SSSR count). The van der Waals surface area contributed by atoms with Crippen LogP contribution in [-0.4, -0.2) is 27.1 Å². The zero-order valence-corrected chi connectivity index (χ0v) is 17.0. The van der Waals surface area contributed by atoms with Crippen molar-refractivity contribution >= 4 is 6.09 Å². The zero-order valence-electron chi connectivity index (χ0n) is 17.0. The Morgan fingerprint density at radius 3 is 2.48 bits per heavy atom. The van der Waals surface area contributed by atoms with Crippen molar-refractivity contribution in [2.45, 2.75) is 45.8 Å². The average molecular weight is 389 g/mol. The van der Waals surface area contributed by atoms with Gasteiger partial charge in [0.25, 0.3) is 0 Å². The van der Waals surface area contributed by atoms with Gasteiger partial charge >= 0.3 is 6.09 Å². The molecule has 5 nitrogen and oxygen atoms in total. The molecule has 3 heterocycles. The van der Waals surface area contributed by atoms with Crippen molar-refractivity contribution in [1.29, 1.82) is 0 Å². The van der Waals surface area contributed by atoms with E-state index in [-0.39, 0.29) is 12.1 Å². The van der Waals surface area contributed by atoms with E-state index in [0.717, 1.165) is 54.1 Å². The van der Waals surface area contributed by atoms with Crippen LogP contribution in [0.25, 0.3) is 5.82 Å². The van der Waals surface area contributed by atoms with Crippen molar-refractivity contribution in [2.24, 2.45) is 0 Å². The van der Waals surface area contributed by atoms with Crippen LogP contribution in [0.3, 0.4) is 0 Å². The lowest BCUT2D eigenvalue weighted by Crippen LogP contribution is -2.38. The largest absolute Gasteiger partial charge is 0.445 e. The molecule has 1 amide bonds. The van der Waals surface area contributed by atoms with Crippen molar-refractivity contribution in [3.05, 3.63) is 83.3 Å². The summed E-state index contributed by atoms with van der Waals surface area (Å²) in [6.07, 6.45) is 4.69. The summed E-state index contributed by atoms with van der Waals surface area (Å²) in [5.41, 5.74) is 4.38. The van der Waals surface area contributed by atoms with Gasteiger partial charge in [0.15, 0.2) is 0 Å². The molecule has 0 spiro atoms. The van der Waals surface area contributed by atoms with E-state index in [1.165, 1.54) is 0 Å². The third kappa shape index (κ3) is 4.19. The molecule has 150 valence electrons. The molecule has 0 saturated carbocycles. The fourth-order valence-corrected chi connectivity index (χ4v) is 4.06. The molecule has 1 unspecified atom stereocenters. The quantitative estimate of drug-likeness (QED) is 0.604. The van der Waals surface area contributed by atoms with E-state index >= 15 is 0 Å². The van der Waals surface area contributed by atoms with Gasteiger partial charge in [0, 0.05) is 24.1 Å². The maximum absolute atomic E-state index is 12.8. The second kappa shape index (κ2) is 8.52. The van der Waals surface area contributed by atoms with Gasteiger partial charge in [-0.3, -0.25) is 0 Å². The van der Waals surface area contributed by atoms with Crippen molar-refractivity contribution < 1.29 is 9.53 Å². The lowest BCUT2D eigenvalue weighted by atomic mass is 9.97. The van der Waals surface area contributed by atoms with Crippen LogP contribution >= 0.6 is 0 Å². The molecule has 1 fully saturated rings. The Morgan fingerprint density at radius 1 is 1.03 bits per heavy atom. The van der Waals surface area contributed by atoms with E-state index in [9.17, 15) is 4.79 Å². The van der Waals surface area contributed by atoms with Crippen LogP contribution in [0.1, 0.15) is 47.8 Å². The lowest BCUT2D eigenvalue weighted by Gasteiger charge is -2.35. The predicted octanol–water partition coefficient (Wildman–Crippen LogP) is 5.35. The Balaban J connectivity index is 1.49. The van der Waals surface area contributed by atoms with Gasteiger partial charge in [0.1, 0.15) is 12.4 Å². The molecule has 5 heteroatoms. The Hall–Kier alpha value is -3.08. The number of aryl methyl sites for hydroxylation is 2. The fraction of sp³-hybridized carbons (Fsp3) is 0.333. The average Bonchev–Trinajstić information content (AvgIpc) is 3.11. The summed E-state index contributed by atoms with van der Waals surface area (Å²) in [5, 5.41) is 0. The number of hydrogen-bond acceptors (Lipinski definition) is 3. The Bertz CT molecular complexity index is 944. The van der Waals surface area contributed by atoms with Gasteiger partial charge in [-0.15, -0.1) is 0 Å². The second-order valence-corrected chi connectivity index (χ2v) is 7.65. The molecule has 1 atom stereocenters. The number of pyridine rings is 1. The molecule has 3 aromatic rings. The summed E-state index contributed by atoms with van der Waals surface area (Å²) in [5.74, 6) is 0.905. The molecule has 29 heavy (non-hydrogen) atoms. The molecule has 0 aliphatic carbocycles. The third-order valence-electron chi connectivity index (χ3n) is 5.60. The normalized spacial score (nSPS) is 16.6. The van der Waals surface area contributed by atoms with Crippen molar-refractivity contribution in [3.8, 4) is 5.82 Å². The van der Waals surface area contributed by atoms with E-state index in [1.807, 2.05) is 47.5 Å². The molecule has 1 aromatic carbocycles. The molecular formula is C24H27N3O2. The number of hydrogen-bond donors (Lipinski definition) is 0. The van der Waals surface area contributed by atoms with Crippen molar-refractivity contribution in [2.75, 3.05) is 6.54 Å². The molecule has 0 N–H and O–H groups in total. The van der Waals surface area contributed by atoms with Gasteiger partial charge < -0.3 is 14.2 Å². The first kappa shape index (κ1) is 19.2. The minimum atomic E-state index is -0.250. The predicted molar refractivity (Wildman–Crippen MR) is 113 cm³/mol. The maximum atomic E-state index is 12.8. The first-order valence-electron chi connectivity index (χ1n) is 10.2. The molecule has 2 aromatic heterocycles. The molecule has 0 bridgehead atoms. The molecule has 1 aliphatic rings. The van der Waals surface area contributed by atoms with E-state index < -0.39 is 0 Å². The Labute approximate surface area is 171 Å². The van der Waals surface area contributed by atoms with Gasteiger partial charge in [-0.1, -0.05) is 36.4 Å². The maximum Gasteiger partial charge on any atom is 0.410 e. The summed E-state index contributed by atoms with van der Waals surface area (Å²) < 4.78 is 7.73. The van der Waals surface area contributed by atoms with E-state index in [2.05, 4.69) is 41.6 Å². The van der Waals surface area contributed by atoms with E-state index in [1.54, 1.807) is 0 Å². The summed E-state index contributed by atoms with van der Waals surface area (Å²) >= 11 is 0. The number of ether oxygens (including phenoxy) is 1. The lowest BCUT2D eigenvalue weighted by molar-refractivity contribution is 0.0678. The first-order valence-corrected chi connectivity index (χ1v) is 10.2. The van der Waals surface area contributed by atoms with Crippen LogP contribution < -0.4 is 0 Å². The van der Waals surface area contributed by atoms with Gasteiger partial charge in [0.05, 0.1) is 6.04 Å². The van der Waals surface area contributed by atoms with Crippen molar-refractivity contribution in [3.63, 3.8) is 0 Å². The van der Waals surface area contributed by atoms with Crippen molar-refractivity contribution in [1.82, 2.24) is 14.5 Å². The Morgan fingerprint density at radius 2 is 1.79 bits per heavy atom. The first-order chi connectivity index (χ1) is 14.1. The van der Waals surface area contributed by atoms with E-state index in [0.29, 0.717) is 6.61 Å². The summed E-state index contributed by atoms with van der Waals surface area (Å²) in [6, 6.07) is 18.1. The second-order valence-electron chi connectivity index (χ2n) is 7.65. The highest BCUT2D eigenvalue weighted by Crippen LogP contribution is 2.31. The number of nitrogens with zero attached hydrogens (tertiary/aromatic N) is 3. The van der Waals surface area contributed by atoms with Crippen LogP contribution in [0.4, 0.5) is 4.79 Å². The number of aromatic nitrogens is 2. The van der Waals surface area contributed by atoms with Gasteiger partial charge in [-0.2, -0.15) is 0 Å². The SMILES string of the molecule is Cc1ccc(C)n1-c1ccc(C2CCCCN2C(=O)OCc2ccccc2)cn1. The minimum Gasteiger partial charge on any atom is -0.445 e. The standard InChI is InChI=1S/C24H27N3O2/c1-18-11-12-19(2)27(18)23-14-13-21(16-25-23)22-10-6-7-15-26(22)24(28)29-17-20-8-4-3-5-9-20/h3-5,8-9,11-14,16,22H,6-7,10,15,17H2,1-2H3. The Kier molecular flexibility index (Phi) is 5.65. The highest BCUT2D eigenvalue weighted by atomic mass is 16.6. The van der Waals surface area contributed by atoms with Gasteiger partial charge in [-0.05, 0) is 62.4 Å². The molecule has 1 saturated heterocycles. The number of benzene rings is 1. The number of piperidine rings is 1. The number of amides is 1. The van der Waals surface area contributed by atoms with Gasteiger partial charge in [0.2, 0.25) is 0 Å². The number of carbonyl (C=O) groups is 1. The number of rotatable bonds is 4. The summed E-state index contributed by atoms with van der Waals surface area (Å²) in [6.45, 7) is 5.17. The monoisotopic (exact) mass is 389 g/mol. The van der Waals surface area contributed by atoms with Crippen LogP contribution in [0.15, 0.2) is 60.8 Å². The zero-order chi connectivity index (χ0) is 20.2. The van der Waals surface area contributed by atoms with Crippen LogP contribution in [0.2, 0.25) is 0 Å². The third-order valence-corrected chi connectivity index (χ3v) is 5.60. The minimum absolute atomic E-state index is 0.0143.